The lowest BCUT2D eigenvalue weighted by Gasteiger charge is -2.12. The molecule has 1 aliphatic heterocycles. The van der Waals surface area contributed by atoms with E-state index in [2.05, 4.69) is 5.32 Å². The zero-order valence-electron chi connectivity index (χ0n) is 6.24. The van der Waals surface area contributed by atoms with Crippen LogP contribution in [0.1, 0.15) is 6.42 Å². The molecule has 0 amide bonds. The first-order valence-electron chi connectivity index (χ1n) is 3.24. The van der Waals surface area contributed by atoms with Crippen LogP contribution >= 0.6 is 12.4 Å². The Balaban J connectivity index is 0.000001000. The molecule has 1 fully saturated rings. The Labute approximate surface area is 71.3 Å². The van der Waals surface area contributed by atoms with Crippen LogP contribution < -0.4 is 5.32 Å². The van der Waals surface area contributed by atoms with Crippen molar-refractivity contribution in [1.29, 1.82) is 0 Å². The molecule has 2 atom stereocenters. The molecule has 0 aromatic carbocycles. The second-order valence-electron chi connectivity index (χ2n) is 2.33. The number of rotatable bonds is 2. The van der Waals surface area contributed by atoms with Crippen LogP contribution in [0.15, 0.2) is 0 Å². The second kappa shape index (κ2) is 4.54. The fourth-order valence-electron chi connectivity index (χ4n) is 1.18. The van der Waals surface area contributed by atoms with E-state index < -0.39 is 12.0 Å². The Morgan fingerprint density at radius 1 is 1.73 bits per heavy atom. The standard InChI is InChI=1S/C6H11NO3.ClH/c1-10-4-2-3-7-5(4)6(8)9;/h4-5,7H,2-3H2,1H3,(H,8,9);1H/t4-,5+;/m1./s1. The van der Waals surface area contributed by atoms with Gasteiger partial charge < -0.3 is 15.2 Å². The van der Waals surface area contributed by atoms with Gasteiger partial charge in [0.15, 0.2) is 0 Å². The summed E-state index contributed by atoms with van der Waals surface area (Å²) < 4.78 is 4.94. The summed E-state index contributed by atoms with van der Waals surface area (Å²) in [5.74, 6) is -0.829. The number of nitrogens with one attached hydrogen (secondary N) is 1. The van der Waals surface area contributed by atoms with Crippen molar-refractivity contribution in [1.82, 2.24) is 5.32 Å². The van der Waals surface area contributed by atoms with E-state index in [0.29, 0.717) is 0 Å². The number of carboxylic acid groups (broad SMARTS) is 1. The number of carboxylic acids is 1. The zero-order chi connectivity index (χ0) is 7.56. The van der Waals surface area contributed by atoms with Gasteiger partial charge in [-0.15, -0.1) is 12.4 Å². The summed E-state index contributed by atoms with van der Waals surface area (Å²) in [5.41, 5.74) is 0. The number of hydrogen-bond acceptors (Lipinski definition) is 3. The number of halogens is 1. The summed E-state index contributed by atoms with van der Waals surface area (Å²) in [6, 6.07) is -0.509. The lowest BCUT2D eigenvalue weighted by Crippen LogP contribution is -2.39. The summed E-state index contributed by atoms with van der Waals surface area (Å²) in [4.78, 5) is 10.4. The molecule has 0 aliphatic carbocycles. The molecule has 11 heavy (non-hydrogen) atoms. The van der Waals surface area contributed by atoms with E-state index in [1.165, 1.54) is 7.11 Å². The largest absolute Gasteiger partial charge is 0.480 e. The van der Waals surface area contributed by atoms with Gasteiger partial charge >= 0.3 is 5.97 Å². The van der Waals surface area contributed by atoms with Crippen molar-refractivity contribution in [2.24, 2.45) is 0 Å². The molecule has 66 valence electrons. The van der Waals surface area contributed by atoms with Crippen LogP contribution in [-0.2, 0) is 9.53 Å². The van der Waals surface area contributed by atoms with Gasteiger partial charge in [-0.05, 0) is 13.0 Å². The molecule has 1 heterocycles. The molecule has 0 aromatic heterocycles. The minimum Gasteiger partial charge on any atom is -0.480 e. The zero-order valence-corrected chi connectivity index (χ0v) is 7.06. The fourth-order valence-corrected chi connectivity index (χ4v) is 1.18. The molecule has 4 nitrogen and oxygen atoms in total. The molecular weight excluding hydrogens is 170 g/mol. The number of methoxy groups -OCH3 is 1. The number of hydrogen-bond donors (Lipinski definition) is 2. The molecule has 0 spiro atoms. The summed E-state index contributed by atoms with van der Waals surface area (Å²) in [7, 11) is 1.54. The van der Waals surface area contributed by atoms with E-state index in [-0.39, 0.29) is 18.5 Å². The van der Waals surface area contributed by atoms with Gasteiger partial charge in [-0.25, -0.2) is 0 Å². The number of ether oxygens (including phenoxy) is 1. The van der Waals surface area contributed by atoms with Crippen molar-refractivity contribution in [2.75, 3.05) is 13.7 Å². The van der Waals surface area contributed by atoms with Crippen molar-refractivity contribution in [3.05, 3.63) is 0 Å². The third kappa shape index (κ3) is 2.32. The summed E-state index contributed by atoms with van der Waals surface area (Å²) in [6.45, 7) is 0.732. The van der Waals surface area contributed by atoms with Crippen LogP contribution in [0.5, 0.6) is 0 Å². The van der Waals surface area contributed by atoms with Crippen molar-refractivity contribution in [2.45, 2.75) is 18.6 Å². The fraction of sp³-hybridized carbons (Fsp3) is 0.833. The van der Waals surface area contributed by atoms with E-state index in [0.717, 1.165) is 13.0 Å². The lowest BCUT2D eigenvalue weighted by atomic mass is 10.2. The van der Waals surface area contributed by atoms with Gasteiger partial charge in [0.25, 0.3) is 0 Å². The van der Waals surface area contributed by atoms with Crippen LogP contribution in [0, 0.1) is 0 Å². The van der Waals surface area contributed by atoms with Gasteiger partial charge in [-0.3, -0.25) is 4.79 Å². The maximum atomic E-state index is 10.4. The molecule has 0 radical (unpaired) electrons. The van der Waals surface area contributed by atoms with E-state index in [1.807, 2.05) is 0 Å². The highest BCUT2D eigenvalue weighted by atomic mass is 35.5. The molecule has 1 aliphatic rings. The molecule has 2 N–H and O–H groups in total. The van der Waals surface area contributed by atoms with Crippen LogP contribution in [0.25, 0.3) is 0 Å². The maximum absolute atomic E-state index is 10.4. The van der Waals surface area contributed by atoms with E-state index >= 15 is 0 Å². The lowest BCUT2D eigenvalue weighted by molar-refractivity contribution is -0.141. The number of aliphatic carboxylic acids is 1. The van der Waals surface area contributed by atoms with E-state index in [4.69, 9.17) is 9.84 Å². The third-order valence-corrected chi connectivity index (χ3v) is 1.73. The Hall–Kier alpha value is -0.320. The van der Waals surface area contributed by atoms with Gasteiger partial charge in [0.1, 0.15) is 6.04 Å². The molecule has 0 saturated carbocycles. The van der Waals surface area contributed by atoms with Crippen LogP contribution in [0.4, 0.5) is 0 Å². The average molecular weight is 182 g/mol. The SMILES string of the molecule is CO[C@@H]1CCN[C@@H]1C(=O)O.Cl. The highest BCUT2D eigenvalue weighted by Crippen LogP contribution is 2.09. The Morgan fingerprint density at radius 3 is 2.73 bits per heavy atom. The first kappa shape index (κ1) is 10.7. The molecule has 0 bridgehead atoms. The van der Waals surface area contributed by atoms with Crippen molar-refractivity contribution >= 4 is 18.4 Å². The average Bonchev–Trinajstić information content (AvgIpc) is 2.33. The van der Waals surface area contributed by atoms with Crippen molar-refractivity contribution in [3.8, 4) is 0 Å². The normalized spacial score (nSPS) is 29.5. The topological polar surface area (TPSA) is 58.6 Å². The van der Waals surface area contributed by atoms with Gasteiger partial charge in [-0.2, -0.15) is 0 Å². The predicted molar refractivity (Wildman–Crippen MR) is 42.1 cm³/mol. The quantitative estimate of drug-likeness (QED) is 0.623. The molecule has 1 rings (SSSR count). The molecule has 0 unspecified atom stereocenters. The molecule has 1 saturated heterocycles. The summed E-state index contributed by atoms with van der Waals surface area (Å²) >= 11 is 0. The van der Waals surface area contributed by atoms with Crippen LogP contribution in [0.2, 0.25) is 0 Å². The maximum Gasteiger partial charge on any atom is 0.323 e. The smallest absolute Gasteiger partial charge is 0.323 e. The van der Waals surface area contributed by atoms with Gasteiger partial charge in [0.05, 0.1) is 6.10 Å². The first-order chi connectivity index (χ1) is 4.75. The Bertz CT molecular complexity index is 142. The van der Waals surface area contributed by atoms with E-state index in [1.54, 1.807) is 0 Å². The molecule has 0 aromatic rings. The summed E-state index contributed by atoms with van der Waals surface area (Å²) in [5, 5.41) is 11.4. The summed E-state index contributed by atoms with van der Waals surface area (Å²) in [6.07, 6.45) is 0.630. The van der Waals surface area contributed by atoms with Crippen molar-refractivity contribution in [3.63, 3.8) is 0 Å². The Kier molecular flexibility index (Phi) is 4.40. The van der Waals surface area contributed by atoms with Gasteiger partial charge in [-0.1, -0.05) is 0 Å². The van der Waals surface area contributed by atoms with Gasteiger partial charge in [0.2, 0.25) is 0 Å². The minimum atomic E-state index is -0.829. The molecular formula is C6H12ClNO3. The van der Waals surface area contributed by atoms with Crippen LogP contribution in [-0.4, -0.2) is 36.9 Å². The number of carbonyl (C=O) groups is 1. The monoisotopic (exact) mass is 181 g/mol. The first-order valence-corrected chi connectivity index (χ1v) is 3.24. The van der Waals surface area contributed by atoms with Gasteiger partial charge in [0, 0.05) is 7.11 Å². The minimum absolute atomic E-state index is 0. The highest BCUT2D eigenvalue weighted by molar-refractivity contribution is 5.85. The predicted octanol–water partition coefficient (Wildman–Crippen LogP) is -0.130. The second-order valence-corrected chi connectivity index (χ2v) is 2.33. The Morgan fingerprint density at radius 2 is 2.36 bits per heavy atom. The third-order valence-electron chi connectivity index (χ3n) is 1.73. The highest BCUT2D eigenvalue weighted by Gasteiger charge is 2.32. The van der Waals surface area contributed by atoms with Crippen molar-refractivity contribution < 1.29 is 14.6 Å². The van der Waals surface area contributed by atoms with E-state index in [9.17, 15) is 4.79 Å². The van der Waals surface area contributed by atoms with Crippen LogP contribution in [0.3, 0.4) is 0 Å². The molecule has 5 heteroatoms.